The van der Waals surface area contributed by atoms with Gasteiger partial charge in [0, 0.05) is 20.9 Å². The molecule has 0 radical (unpaired) electrons. The highest BCUT2D eigenvalue weighted by molar-refractivity contribution is 5.91. The lowest BCUT2D eigenvalue weighted by molar-refractivity contribution is 0.396. The summed E-state index contributed by atoms with van der Waals surface area (Å²) >= 11 is 0. The van der Waals surface area contributed by atoms with Crippen molar-refractivity contribution < 1.29 is 4.11 Å². The van der Waals surface area contributed by atoms with Crippen LogP contribution < -0.4 is 0 Å². The van der Waals surface area contributed by atoms with E-state index in [1.165, 1.54) is 10.9 Å². The molecule has 0 N–H and O–H groups in total. The van der Waals surface area contributed by atoms with Crippen LogP contribution in [-0.2, 0) is 11.0 Å². The number of benzene rings is 3. The molecule has 4 nitrogen and oxygen atoms in total. The fourth-order valence-corrected chi connectivity index (χ4v) is 4.64. The molecule has 0 aliphatic heterocycles. The van der Waals surface area contributed by atoms with Crippen molar-refractivity contribution >= 4 is 22.1 Å². The van der Waals surface area contributed by atoms with Gasteiger partial charge in [-0.25, -0.2) is 9.97 Å². The molecule has 0 amide bonds. The molecule has 0 aliphatic rings. The smallest absolute Gasteiger partial charge is 0.198 e. The maximum atomic E-state index is 8.16. The second-order valence-corrected chi connectivity index (χ2v) is 10.7. The molecular weight excluding hydrogens is 404 g/mol. The third-order valence-corrected chi connectivity index (χ3v) is 6.08. The molecular formula is C29H32N4. The zero-order valence-corrected chi connectivity index (χ0v) is 20.1. The number of aryl methyl sites for hydroxylation is 1. The van der Waals surface area contributed by atoms with E-state index >= 15 is 0 Å². The molecule has 168 valence electrons. The first-order valence-electron chi connectivity index (χ1n) is 12.9. The zero-order chi connectivity index (χ0) is 26.0. The molecule has 4 heteroatoms. The van der Waals surface area contributed by atoms with Crippen LogP contribution in [0.3, 0.4) is 0 Å². The maximum Gasteiger partial charge on any atom is 0.198 e. The molecule has 0 fully saturated rings. The minimum absolute atomic E-state index is 0.0534. The van der Waals surface area contributed by atoms with Gasteiger partial charge in [0.25, 0.3) is 0 Å². The van der Waals surface area contributed by atoms with Gasteiger partial charge >= 0.3 is 0 Å². The number of hydrogen-bond donors (Lipinski definition) is 0. The van der Waals surface area contributed by atoms with Gasteiger partial charge in [-0.15, -0.1) is 0 Å². The monoisotopic (exact) mass is 439 g/mol. The molecule has 0 saturated heterocycles. The first-order valence-corrected chi connectivity index (χ1v) is 11.4. The average molecular weight is 440 g/mol. The Hall–Kier alpha value is -3.40. The average Bonchev–Trinajstić information content (AvgIpc) is 3.34. The highest BCUT2D eigenvalue weighted by Crippen LogP contribution is 2.37. The molecule has 0 aliphatic carbocycles. The number of hydrogen-bond acceptors (Lipinski definition) is 2. The third-order valence-electron chi connectivity index (χ3n) is 6.08. The minimum atomic E-state index is -2.36. The van der Waals surface area contributed by atoms with Crippen LogP contribution in [0.15, 0.2) is 66.7 Å². The van der Waals surface area contributed by atoms with Crippen LogP contribution in [0.2, 0.25) is 0 Å². The first kappa shape index (κ1) is 18.1. The van der Waals surface area contributed by atoms with E-state index in [-0.39, 0.29) is 11.2 Å². The van der Waals surface area contributed by atoms with Gasteiger partial charge in [0.1, 0.15) is 11.6 Å². The Bertz CT molecular complexity index is 1580. The topological polar surface area (TPSA) is 35.6 Å². The number of para-hydroxylation sites is 1. The van der Waals surface area contributed by atoms with Crippen LogP contribution in [0.4, 0.5) is 0 Å². The number of aromatic nitrogens is 4. The number of imidazole rings is 2. The molecule has 33 heavy (non-hydrogen) atoms. The van der Waals surface area contributed by atoms with E-state index in [9.17, 15) is 0 Å². The van der Waals surface area contributed by atoms with Crippen LogP contribution in [-0.4, -0.2) is 19.1 Å². The van der Waals surface area contributed by atoms with Crippen molar-refractivity contribution in [2.24, 2.45) is 0 Å². The molecule has 0 atom stereocenters. The molecule has 2 aromatic heterocycles. The SMILES string of the molecule is [2H]C([2H])([2H])c1nc2nc(-c3cc(C(C)(C)C)c4ccccc4c3)n(-c3ccccc3)c2n1C(C)(C)C. The number of rotatable bonds is 2. The molecule has 5 aromatic rings. The Balaban J connectivity index is 1.93. The molecule has 0 bridgehead atoms. The molecule has 5 rings (SSSR count). The highest BCUT2D eigenvalue weighted by atomic mass is 15.3. The predicted octanol–water partition coefficient (Wildman–Crippen LogP) is 7.40. The van der Waals surface area contributed by atoms with Crippen LogP contribution in [0, 0.1) is 6.85 Å². The summed E-state index contributed by atoms with van der Waals surface area (Å²) in [6.07, 6.45) is 0. The molecule has 2 heterocycles. The molecule has 0 unspecified atom stereocenters. The van der Waals surface area contributed by atoms with Crippen molar-refractivity contribution in [2.75, 3.05) is 0 Å². The van der Waals surface area contributed by atoms with Crippen molar-refractivity contribution in [3.63, 3.8) is 0 Å². The van der Waals surface area contributed by atoms with Crippen molar-refractivity contribution in [3.8, 4) is 17.1 Å². The standard InChI is InChI=1S/C29H32N4/c1-19-30-25-27(33(19)29(5,6)7)32(22-14-9-8-10-15-22)26(31-25)21-17-20-13-11-12-16-23(20)24(18-21)28(2,3)4/h8-18H,1-7H3/i1D3. The summed E-state index contributed by atoms with van der Waals surface area (Å²) in [6, 6.07) is 22.8. The van der Waals surface area contributed by atoms with Gasteiger partial charge in [-0.05, 0) is 73.6 Å². The minimum Gasteiger partial charge on any atom is -0.307 e. The zero-order valence-electron chi connectivity index (χ0n) is 23.1. The second-order valence-electron chi connectivity index (χ2n) is 10.7. The van der Waals surface area contributed by atoms with Crippen LogP contribution in [0.1, 0.15) is 57.0 Å². The lowest BCUT2D eigenvalue weighted by atomic mass is 9.82. The lowest BCUT2D eigenvalue weighted by Gasteiger charge is -2.25. The third kappa shape index (κ3) is 3.54. The van der Waals surface area contributed by atoms with Gasteiger partial charge in [0.05, 0.1) is 0 Å². The summed E-state index contributed by atoms with van der Waals surface area (Å²) in [7, 11) is 0. The number of fused-ring (bicyclic) bond motifs is 2. The van der Waals surface area contributed by atoms with Crippen molar-refractivity contribution in [1.29, 1.82) is 0 Å². The maximum absolute atomic E-state index is 8.16. The number of nitrogens with zero attached hydrogens (tertiary/aromatic N) is 4. The van der Waals surface area contributed by atoms with E-state index in [2.05, 4.69) is 66.7 Å². The largest absolute Gasteiger partial charge is 0.307 e. The fraction of sp³-hybridized carbons (Fsp3) is 0.310. The Morgan fingerprint density at radius 2 is 1.52 bits per heavy atom. The van der Waals surface area contributed by atoms with E-state index in [1.54, 1.807) is 0 Å². The van der Waals surface area contributed by atoms with Crippen molar-refractivity contribution in [3.05, 3.63) is 78.1 Å². The quantitative estimate of drug-likeness (QED) is 0.287. The van der Waals surface area contributed by atoms with Gasteiger partial charge in [0.15, 0.2) is 11.3 Å². The van der Waals surface area contributed by atoms with Gasteiger partial charge in [-0.1, -0.05) is 63.2 Å². The summed E-state index contributed by atoms with van der Waals surface area (Å²) < 4.78 is 28.4. The molecule has 0 saturated carbocycles. The van der Waals surface area contributed by atoms with E-state index in [4.69, 9.17) is 9.10 Å². The normalized spacial score (nSPS) is 14.4. The van der Waals surface area contributed by atoms with Gasteiger partial charge in [-0.3, -0.25) is 4.57 Å². The summed E-state index contributed by atoms with van der Waals surface area (Å²) in [5.41, 5.74) is 3.62. The van der Waals surface area contributed by atoms with Gasteiger partial charge in [-0.2, -0.15) is 0 Å². The summed E-state index contributed by atoms with van der Waals surface area (Å²) in [4.78, 5) is 9.56. The Kier molecular flexibility index (Phi) is 4.00. The molecule has 3 aromatic carbocycles. The van der Waals surface area contributed by atoms with E-state index < -0.39 is 12.4 Å². The second kappa shape index (κ2) is 7.31. The van der Waals surface area contributed by atoms with E-state index in [1.807, 2.05) is 55.7 Å². The summed E-state index contributed by atoms with van der Waals surface area (Å²) in [5, 5.41) is 2.36. The first-order chi connectivity index (χ1) is 16.8. The van der Waals surface area contributed by atoms with E-state index in [0.717, 1.165) is 22.5 Å². The Morgan fingerprint density at radius 1 is 0.818 bits per heavy atom. The van der Waals surface area contributed by atoms with Gasteiger partial charge in [0.2, 0.25) is 0 Å². The fourth-order valence-electron chi connectivity index (χ4n) is 4.64. The van der Waals surface area contributed by atoms with Crippen LogP contribution in [0.25, 0.3) is 39.1 Å². The van der Waals surface area contributed by atoms with Gasteiger partial charge < -0.3 is 4.57 Å². The van der Waals surface area contributed by atoms with E-state index in [0.29, 0.717) is 11.3 Å². The Labute approximate surface area is 200 Å². The highest BCUT2D eigenvalue weighted by Gasteiger charge is 2.27. The Morgan fingerprint density at radius 3 is 2.18 bits per heavy atom. The van der Waals surface area contributed by atoms with Crippen molar-refractivity contribution in [1.82, 2.24) is 19.1 Å². The predicted molar refractivity (Wildman–Crippen MR) is 138 cm³/mol. The lowest BCUT2D eigenvalue weighted by Crippen LogP contribution is -2.24. The summed E-state index contributed by atoms with van der Waals surface area (Å²) in [6.45, 7) is 10.3. The van der Waals surface area contributed by atoms with Crippen LogP contribution in [0.5, 0.6) is 0 Å². The molecule has 0 spiro atoms. The summed E-state index contributed by atoms with van der Waals surface area (Å²) in [5.74, 6) is 0.794. The van der Waals surface area contributed by atoms with Crippen LogP contribution >= 0.6 is 0 Å². The van der Waals surface area contributed by atoms with Crippen molar-refractivity contribution in [2.45, 2.75) is 59.3 Å².